The van der Waals surface area contributed by atoms with Crippen molar-refractivity contribution in [2.45, 2.75) is 13.1 Å². The Morgan fingerprint density at radius 2 is 1.04 bits per heavy atom. The van der Waals surface area contributed by atoms with Gasteiger partial charge in [-0.15, -0.1) is 0 Å². The highest BCUT2D eigenvalue weighted by Gasteiger charge is 2.20. The van der Waals surface area contributed by atoms with Gasteiger partial charge in [0.05, 0.1) is 57.2 Å². The number of hydrogen-bond donors (Lipinski definition) is 5. The molecule has 0 aromatic carbocycles. The minimum atomic E-state index is -1.17. The Balaban J connectivity index is 1.57. The number of carboxylic acids is 3. The lowest BCUT2D eigenvalue weighted by Gasteiger charge is -2.28. The molecular weight excluding hydrogens is 592 g/mol. The largest absolute Gasteiger partial charge is 0.480 e. The highest BCUT2D eigenvalue weighted by atomic mass is 16.4. The number of carbonyl (C=O) groups excluding carboxylic acids is 2. The Morgan fingerprint density at radius 1 is 0.644 bits per heavy atom. The maximum Gasteiger partial charge on any atom is 0.317 e. The zero-order valence-electron chi connectivity index (χ0n) is 24.3. The van der Waals surface area contributed by atoms with E-state index in [9.17, 15) is 39.3 Å². The molecule has 240 valence electrons. The van der Waals surface area contributed by atoms with Gasteiger partial charge in [-0.05, 0) is 24.3 Å². The summed E-state index contributed by atoms with van der Waals surface area (Å²) in [5.74, 6) is -3.42. The van der Waals surface area contributed by atoms with Crippen molar-refractivity contribution in [3.05, 3.63) is 54.1 Å². The van der Waals surface area contributed by atoms with E-state index in [2.05, 4.69) is 25.8 Å². The first kappa shape index (κ1) is 32.7. The van der Waals surface area contributed by atoms with E-state index in [1.165, 1.54) is 24.1 Å². The molecule has 1 aliphatic heterocycles. The van der Waals surface area contributed by atoms with Crippen LogP contribution in [0.4, 0.5) is 0 Å². The predicted octanol–water partition coefficient (Wildman–Crippen LogP) is -2.14. The van der Waals surface area contributed by atoms with Crippen molar-refractivity contribution in [2.24, 2.45) is 0 Å². The summed E-state index contributed by atoms with van der Waals surface area (Å²) in [5.41, 5.74) is 1.07. The number of carboxylic acid groups (broad SMARTS) is 3. The molecule has 0 spiro atoms. The van der Waals surface area contributed by atoms with Gasteiger partial charge in [0.1, 0.15) is 0 Å². The zero-order valence-corrected chi connectivity index (χ0v) is 24.3. The van der Waals surface area contributed by atoms with E-state index in [0.29, 0.717) is 23.0 Å². The van der Waals surface area contributed by atoms with Crippen LogP contribution in [0.1, 0.15) is 11.4 Å². The van der Waals surface area contributed by atoms with Crippen molar-refractivity contribution >= 4 is 29.7 Å². The van der Waals surface area contributed by atoms with Crippen LogP contribution < -0.4 is 10.6 Å². The number of rotatable bonds is 6. The first-order chi connectivity index (χ1) is 21.5. The molecule has 0 saturated heterocycles. The molecule has 3 aromatic rings. The van der Waals surface area contributed by atoms with Crippen LogP contribution in [0.15, 0.2) is 42.7 Å². The number of pyridine rings is 1. The zero-order chi connectivity index (χ0) is 32.3. The average molecular weight is 627 g/mol. The fourth-order valence-corrected chi connectivity index (χ4v) is 4.57. The second kappa shape index (κ2) is 15.5. The second-order valence-corrected chi connectivity index (χ2v) is 10.3. The first-order valence-corrected chi connectivity index (χ1v) is 14.0. The van der Waals surface area contributed by atoms with Gasteiger partial charge >= 0.3 is 17.9 Å². The molecule has 4 rings (SSSR count). The average Bonchev–Trinajstić information content (AvgIpc) is 3.65. The molecule has 2 amide bonds. The van der Waals surface area contributed by atoms with Crippen molar-refractivity contribution in [3.8, 4) is 11.6 Å². The summed E-state index contributed by atoms with van der Waals surface area (Å²) < 4.78 is 3.06. The molecule has 18 heteroatoms. The Morgan fingerprint density at radius 3 is 1.47 bits per heavy atom. The molecule has 45 heavy (non-hydrogen) atoms. The lowest BCUT2D eigenvalue weighted by Crippen LogP contribution is -2.47. The summed E-state index contributed by atoms with van der Waals surface area (Å²) in [6.07, 6.45) is 3.36. The van der Waals surface area contributed by atoms with Gasteiger partial charge in [0.2, 0.25) is 11.8 Å². The maximum absolute atomic E-state index is 12.7. The number of carbonyl (C=O) groups is 5. The van der Waals surface area contributed by atoms with Crippen molar-refractivity contribution < 1.29 is 39.3 Å². The fourth-order valence-electron chi connectivity index (χ4n) is 4.57. The molecular formula is C27H34N10O8. The molecule has 0 unspecified atom stereocenters. The quantitative estimate of drug-likeness (QED) is 0.197. The van der Waals surface area contributed by atoms with Gasteiger partial charge in [-0.1, -0.05) is 6.07 Å². The third-order valence-electron chi connectivity index (χ3n) is 6.69. The van der Waals surface area contributed by atoms with Gasteiger partial charge < -0.3 is 26.0 Å². The van der Waals surface area contributed by atoms with E-state index in [1.54, 1.807) is 42.7 Å². The molecule has 6 bridgehead atoms. The van der Waals surface area contributed by atoms with E-state index in [-0.39, 0.29) is 52.4 Å². The lowest BCUT2D eigenvalue weighted by molar-refractivity contribution is -0.141. The van der Waals surface area contributed by atoms with Gasteiger partial charge in [0.15, 0.2) is 11.6 Å². The van der Waals surface area contributed by atoms with Crippen LogP contribution in [-0.4, -0.2) is 143 Å². The van der Waals surface area contributed by atoms with Crippen molar-refractivity contribution in [2.75, 3.05) is 58.9 Å². The molecule has 0 radical (unpaired) electrons. The van der Waals surface area contributed by atoms with Crippen LogP contribution in [0.5, 0.6) is 0 Å². The molecule has 18 nitrogen and oxygen atoms in total. The molecule has 0 aliphatic carbocycles. The number of hydrogen-bond acceptors (Lipinski definition) is 11. The van der Waals surface area contributed by atoms with Crippen LogP contribution in [0.3, 0.4) is 0 Å². The number of nitrogens with zero attached hydrogens (tertiary/aromatic N) is 8. The molecule has 1 aliphatic rings. The Bertz CT molecular complexity index is 1420. The third-order valence-corrected chi connectivity index (χ3v) is 6.69. The van der Waals surface area contributed by atoms with Gasteiger partial charge in [-0.3, -0.25) is 38.7 Å². The summed E-state index contributed by atoms with van der Waals surface area (Å²) >= 11 is 0. The highest BCUT2D eigenvalue weighted by Crippen LogP contribution is 2.10. The monoisotopic (exact) mass is 626 g/mol. The maximum atomic E-state index is 12.7. The number of nitrogens with one attached hydrogen (secondary N) is 2. The van der Waals surface area contributed by atoms with Crippen molar-refractivity contribution in [3.63, 3.8) is 0 Å². The number of fused-ring (bicyclic) bond motifs is 8. The molecule has 3 aromatic heterocycles. The van der Waals surface area contributed by atoms with E-state index in [1.807, 2.05) is 0 Å². The summed E-state index contributed by atoms with van der Waals surface area (Å²) in [5, 5.41) is 42.5. The van der Waals surface area contributed by atoms with Crippen LogP contribution in [-0.2, 0) is 37.1 Å². The van der Waals surface area contributed by atoms with Crippen molar-refractivity contribution in [1.29, 1.82) is 0 Å². The standard InChI is InChI=1S/C27H34N10O8/c38-23-14-34(17-26(42)43)10-8-33(16-25(40)41)9-11-35(18-27(44)45)15-24(39)29-13-20-5-7-37(32-20)22-3-1-2-21(30-22)36-6-4-19(31-36)12-28-23/h1-7H,8-18H2,(H,28,38)(H,29,39)(H,40,41)(H,42,43)(H,44,45). The van der Waals surface area contributed by atoms with Gasteiger partial charge in [0, 0.05) is 38.6 Å². The van der Waals surface area contributed by atoms with Gasteiger partial charge in [0.25, 0.3) is 0 Å². The van der Waals surface area contributed by atoms with Crippen LogP contribution in [0.2, 0.25) is 0 Å². The lowest BCUT2D eigenvalue weighted by atomic mass is 10.3. The SMILES string of the molecule is O=C(O)CN1CCN(CC(=O)O)CC(=O)NCc2ccn(n2)-c2cccc(n2)-n2ccc(n2)CNC(=O)CN(CC(=O)O)CC1. The van der Waals surface area contributed by atoms with Crippen LogP contribution in [0.25, 0.3) is 11.6 Å². The van der Waals surface area contributed by atoms with E-state index in [4.69, 9.17) is 0 Å². The number of aliphatic carboxylic acids is 3. The summed E-state index contributed by atoms with van der Waals surface area (Å²) in [4.78, 5) is 68.8. The summed E-state index contributed by atoms with van der Waals surface area (Å²) in [6.45, 7) is -1.52. The predicted molar refractivity (Wildman–Crippen MR) is 154 cm³/mol. The summed E-state index contributed by atoms with van der Waals surface area (Å²) in [6, 6.07) is 8.68. The topological polar surface area (TPSA) is 228 Å². The minimum Gasteiger partial charge on any atom is -0.480 e. The second-order valence-electron chi connectivity index (χ2n) is 10.3. The van der Waals surface area contributed by atoms with E-state index >= 15 is 0 Å². The molecule has 0 fully saturated rings. The highest BCUT2D eigenvalue weighted by molar-refractivity contribution is 5.79. The smallest absolute Gasteiger partial charge is 0.317 e. The molecule has 0 atom stereocenters. The normalized spacial score (nSPS) is 16.7. The molecule has 4 heterocycles. The van der Waals surface area contributed by atoms with Gasteiger partial charge in [-0.2, -0.15) is 10.2 Å². The Kier molecular flexibility index (Phi) is 11.3. The van der Waals surface area contributed by atoms with E-state index in [0.717, 1.165) is 0 Å². The number of amides is 2. The fraction of sp³-hybridized carbons (Fsp3) is 0.407. The molecule has 5 N–H and O–H groups in total. The summed E-state index contributed by atoms with van der Waals surface area (Å²) in [7, 11) is 0. The third kappa shape index (κ3) is 10.5. The Hall–Kier alpha value is -5.20. The van der Waals surface area contributed by atoms with Crippen LogP contribution >= 0.6 is 0 Å². The Labute approximate surface area is 256 Å². The number of aromatic nitrogens is 5. The molecule has 0 saturated carbocycles. The minimum absolute atomic E-state index is 0.0374. The first-order valence-electron chi connectivity index (χ1n) is 14.0. The van der Waals surface area contributed by atoms with E-state index < -0.39 is 49.4 Å². The van der Waals surface area contributed by atoms with Gasteiger partial charge in [-0.25, -0.2) is 14.3 Å². The van der Waals surface area contributed by atoms with Crippen molar-refractivity contribution in [1.82, 2.24) is 49.9 Å². The van der Waals surface area contributed by atoms with Crippen LogP contribution in [0, 0.1) is 0 Å².